The number of halogens is 1. The summed E-state index contributed by atoms with van der Waals surface area (Å²) in [7, 11) is 0. The fourth-order valence-corrected chi connectivity index (χ4v) is 4.35. The molecule has 1 fully saturated rings. The van der Waals surface area contributed by atoms with Crippen LogP contribution in [0.1, 0.15) is 56.1 Å². The number of carbonyl (C=O) groups is 1. The third-order valence-corrected chi connectivity index (χ3v) is 5.24. The molecule has 1 saturated carbocycles. The second-order valence-electron chi connectivity index (χ2n) is 6.33. The number of benzene rings is 1. The highest BCUT2D eigenvalue weighted by Gasteiger charge is 2.54. The molecule has 1 aliphatic carbocycles. The lowest BCUT2D eigenvalue weighted by Gasteiger charge is -2.42. The van der Waals surface area contributed by atoms with Gasteiger partial charge in [-0.05, 0) is 31.4 Å². The van der Waals surface area contributed by atoms with E-state index in [0.29, 0.717) is 29.7 Å². The number of nitrogens with zero attached hydrogens (tertiary/aromatic N) is 1. The van der Waals surface area contributed by atoms with E-state index in [-0.39, 0.29) is 12.0 Å². The molecular formula is C17H19FN2O2. The number of nitriles is 1. The standard InChI is InChI=1S/C17H19FN2O2/c1-2-7-17(16(21)22)8-3-4-11-13-10(9-19)5-6-12(18)14(13)20-15(11)17/h5-6,11,15,20H,2-4,7-8H2,1H3,(H,21,22). The van der Waals surface area contributed by atoms with E-state index in [0.717, 1.165) is 19.3 Å². The maximum Gasteiger partial charge on any atom is 0.311 e. The molecule has 1 heterocycles. The molecule has 1 aliphatic heterocycles. The Morgan fingerprint density at radius 3 is 3.00 bits per heavy atom. The molecule has 0 saturated heterocycles. The van der Waals surface area contributed by atoms with Crippen molar-refractivity contribution in [3.8, 4) is 6.07 Å². The van der Waals surface area contributed by atoms with Crippen molar-refractivity contribution in [3.05, 3.63) is 29.1 Å². The van der Waals surface area contributed by atoms with Gasteiger partial charge in [-0.2, -0.15) is 5.26 Å². The maximum atomic E-state index is 14.2. The highest BCUT2D eigenvalue weighted by molar-refractivity contribution is 5.79. The normalized spacial score (nSPS) is 29.1. The van der Waals surface area contributed by atoms with E-state index >= 15 is 0 Å². The molecule has 116 valence electrons. The van der Waals surface area contributed by atoms with Gasteiger partial charge in [-0.1, -0.05) is 19.8 Å². The predicted molar refractivity (Wildman–Crippen MR) is 80.1 cm³/mol. The predicted octanol–water partition coefficient (Wildman–Crippen LogP) is 3.63. The van der Waals surface area contributed by atoms with Crippen LogP contribution in [0, 0.1) is 22.6 Å². The molecule has 22 heavy (non-hydrogen) atoms. The number of hydrogen-bond acceptors (Lipinski definition) is 3. The van der Waals surface area contributed by atoms with Crippen LogP contribution >= 0.6 is 0 Å². The zero-order chi connectivity index (χ0) is 15.9. The van der Waals surface area contributed by atoms with Crippen molar-refractivity contribution in [2.75, 3.05) is 5.32 Å². The zero-order valence-corrected chi connectivity index (χ0v) is 12.5. The molecule has 0 radical (unpaired) electrons. The van der Waals surface area contributed by atoms with E-state index in [1.54, 1.807) is 0 Å². The molecule has 5 heteroatoms. The molecule has 2 aliphatic rings. The van der Waals surface area contributed by atoms with E-state index in [2.05, 4.69) is 11.4 Å². The third-order valence-electron chi connectivity index (χ3n) is 5.24. The molecule has 1 aromatic carbocycles. The molecular weight excluding hydrogens is 283 g/mol. The number of hydrogen-bond donors (Lipinski definition) is 2. The van der Waals surface area contributed by atoms with Crippen molar-refractivity contribution in [1.82, 2.24) is 0 Å². The quantitative estimate of drug-likeness (QED) is 0.894. The van der Waals surface area contributed by atoms with Crippen LogP contribution in [-0.4, -0.2) is 17.1 Å². The van der Waals surface area contributed by atoms with Crippen LogP contribution in [0.5, 0.6) is 0 Å². The van der Waals surface area contributed by atoms with Gasteiger partial charge in [0.05, 0.1) is 22.7 Å². The number of nitrogens with one attached hydrogen (secondary N) is 1. The first-order chi connectivity index (χ1) is 10.5. The first-order valence-corrected chi connectivity index (χ1v) is 7.77. The summed E-state index contributed by atoms with van der Waals surface area (Å²) >= 11 is 0. The largest absolute Gasteiger partial charge is 0.481 e. The van der Waals surface area contributed by atoms with Gasteiger partial charge in [0.25, 0.3) is 0 Å². The number of carboxylic acid groups (broad SMARTS) is 1. The van der Waals surface area contributed by atoms with Gasteiger partial charge in [-0.15, -0.1) is 0 Å². The number of fused-ring (bicyclic) bond motifs is 3. The van der Waals surface area contributed by atoms with Gasteiger partial charge in [0.15, 0.2) is 0 Å². The Kier molecular flexibility index (Phi) is 3.56. The third kappa shape index (κ3) is 1.90. The Balaban J connectivity index is 2.12. The molecule has 0 spiro atoms. The van der Waals surface area contributed by atoms with E-state index < -0.39 is 17.2 Å². The molecule has 0 amide bonds. The molecule has 1 aromatic rings. The summed E-state index contributed by atoms with van der Waals surface area (Å²) in [5.74, 6) is -1.32. The Labute approximate surface area is 128 Å². The van der Waals surface area contributed by atoms with Gasteiger partial charge >= 0.3 is 5.97 Å². The summed E-state index contributed by atoms with van der Waals surface area (Å²) in [4.78, 5) is 12.0. The summed E-state index contributed by atoms with van der Waals surface area (Å²) in [5.41, 5.74) is 0.580. The van der Waals surface area contributed by atoms with Gasteiger partial charge in [-0.25, -0.2) is 4.39 Å². The highest BCUT2D eigenvalue weighted by atomic mass is 19.1. The van der Waals surface area contributed by atoms with Crippen molar-refractivity contribution >= 4 is 11.7 Å². The average molecular weight is 302 g/mol. The van der Waals surface area contributed by atoms with Crippen LogP contribution in [0.2, 0.25) is 0 Å². The first-order valence-electron chi connectivity index (χ1n) is 7.77. The van der Waals surface area contributed by atoms with Gasteiger partial charge in [0.2, 0.25) is 0 Å². The van der Waals surface area contributed by atoms with Gasteiger partial charge in [0.1, 0.15) is 5.82 Å². The van der Waals surface area contributed by atoms with Crippen LogP contribution in [0.4, 0.5) is 10.1 Å². The SMILES string of the molecule is CCCC1(C(=O)O)CCCC2c3c(C#N)ccc(F)c3NC21. The number of aliphatic carboxylic acids is 1. The Bertz CT molecular complexity index is 663. The molecule has 3 atom stereocenters. The fourth-order valence-electron chi connectivity index (χ4n) is 4.35. The topological polar surface area (TPSA) is 73.1 Å². The second kappa shape index (κ2) is 5.28. The van der Waals surface area contributed by atoms with Crippen LogP contribution in [0.25, 0.3) is 0 Å². The molecule has 3 rings (SSSR count). The minimum absolute atomic E-state index is 0.100. The maximum absolute atomic E-state index is 14.2. The van der Waals surface area contributed by atoms with Gasteiger partial charge < -0.3 is 10.4 Å². The minimum Gasteiger partial charge on any atom is -0.481 e. The summed E-state index contributed by atoms with van der Waals surface area (Å²) in [5, 5.41) is 22.3. The minimum atomic E-state index is -0.879. The highest BCUT2D eigenvalue weighted by Crippen LogP contribution is 2.54. The summed E-state index contributed by atoms with van der Waals surface area (Å²) in [6.07, 6.45) is 3.51. The van der Waals surface area contributed by atoms with Crippen LogP contribution in [-0.2, 0) is 4.79 Å². The van der Waals surface area contributed by atoms with E-state index in [9.17, 15) is 19.6 Å². The van der Waals surface area contributed by atoms with Crippen LogP contribution < -0.4 is 5.32 Å². The molecule has 4 nitrogen and oxygen atoms in total. The van der Waals surface area contributed by atoms with Gasteiger partial charge in [-0.3, -0.25) is 4.79 Å². The summed E-state index contributed by atoms with van der Waals surface area (Å²) < 4.78 is 14.2. The van der Waals surface area contributed by atoms with Crippen molar-refractivity contribution < 1.29 is 14.3 Å². The fraction of sp³-hybridized carbons (Fsp3) is 0.529. The Hall–Kier alpha value is -2.09. The number of anilines is 1. The van der Waals surface area contributed by atoms with E-state index in [1.165, 1.54) is 12.1 Å². The number of carboxylic acids is 1. The first kappa shape index (κ1) is 14.8. The average Bonchev–Trinajstić information content (AvgIpc) is 2.90. The molecule has 3 unspecified atom stereocenters. The second-order valence-corrected chi connectivity index (χ2v) is 6.33. The van der Waals surface area contributed by atoms with Crippen LogP contribution in [0.3, 0.4) is 0 Å². The van der Waals surface area contributed by atoms with Crippen molar-refractivity contribution in [2.45, 2.75) is 51.0 Å². The van der Waals surface area contributed by atoms with Crippen LogP contribution in [0.15, 0.2) is 12.1 Å². The molecule has 2 N–H and O–H groups in total. The summed E-state index contributed by atoms with van der Waals surface area (Å²) in [6, 6.07) is 4.56. The van der Waals surface area contributed by atoms with Crippen molar-refractivity contribution in [2.24, 2.45) is 5.41 Å². The Morgan fingerprint density at radius 2 is 2.36 bits per heavy atom. The van der Waals surface area contributed by atoms with Gasteiger partial charge in [0, 0.05) is 17.5 Å². The lowest BCUT2D eigenvalue weighted by atomic mass is 9.63. The van der Waals surface area contributed by atoms with Crippen molar-refractivity contribution in [1.29, 1.82) is 5.26 Å². The number of rotatable bonds is 3. The smallest absolute Gasteiger partial charge is 0.311 e. The van der Waals surface area contributed by atoms with E-state index in [4.69, 9.17) is 0 Å². The van der Waals surface area contributed by atoms with E-state index in [1.807, 2.05) is 6.92 Å². The lowest BCUT2D eigenvalue weighted by molar-refractivity contribution is -0.152. The summed E-state index contributed by atoms with van der Waals surface area (Å²) in [6.45, 7) is 1.97. The molecule has 0 aromatic heterocycles. The Morgan fingerprint density at radius 1 is 1.59 bits per heavy atom. The molecule has 0 bridgehead atoms. The van der Waals surface area contributed by atoms with Crippen molar-refractivity contribution in [3.63, 3.8) is 0 Å². The lowest BCUT2D eigenvalue weighted by Crippen LogP contribution is -2.50. The zero-order valence-electron chi connectivity index (χ0n) is 12.5. The monoisotopic (exact) mass is 302 g/mol.